The fourth-order valence-electron chi connectivity index (χ4n) is 3.90. The molecule has 0 aliphatic heterocycles. The first-order valence-electron chi connectivity index (χ1n) is 9.22. The molecular weight excluding hydrogens is 300 g/mol. The second-order valence-electron chi connectivity index (χ2n) is 6.98. The third kappa shape index (κ3) is 4.38. The third-order valence-corrected chi connectivity index (χ3v) is 5.26. The fourth-order valence-corrected chi connectivity index (χ4v) is 3.90. The molecule has 1 unspecified atom stereocenters. The molecule has 1 amide bonds. The number of H-pyrrole nitrogens is 1. The average molecular weight is 328 g/mol. The van der Waals surface area contributed by atoms with Crippen molar-refractivity contribution in [3.8, 4) is 0 Å². The van der Waals surface area contributed by atoms with Gasteiger partial charge in [0.1, 0.15) is 0 Å². The third-order valence-electron chi connectivity index (χ3n) is 5.26. The largest absolute Gasteiger partial charge is 0.396 e. The summed E-state index contributed by atoms with van der Waals surface area (Å²) in [5, 5.41) is 13.7. The first-order valence-corrected chi connectivity index (χ1v) is 9.22. The molecule has 1 aromatic heterocycles. The van der Waals surface area contributed by atoms with E-state index in [0.717, 1.165) is 11.9 Å². The SMILES string of the molecule is O=C(CCc1ccc2[nH]ccc2c1)NC(CCO)C1CCCCC1. The molecule has 1 aliphatic rings. The molecule has 3 N–H and O–H groups in total. The number of hydrogen-bond donors (Lipinski definition) is 3. The Hall–Kier alpha value is -1.81. The molecular formula is C20H28N2O2. The predicted molar refractivity (Wildman–Crippen MR) is 96.8 cm³/mol. The van der Waals surface area contributed by atoms with Gasteiger partial charge in [0.15, 0.2) is 0 Å². The minimum absolute atomic E-state index is 0.105. The van der Waals surface area contributed by atoms with Crippen molar-refractivity contribution in [2.45, 2.75) is 57.4 Å². The van der Waals surface area contributed by atoms with Gasteiger partial charge in [-0.3, -0.25) is 4.79 Å². The first-order chi connectivity index (χ1) is 11.8. The zero-order chi connectivity index (χ0) is 16.8. The van der Waals surface area contributed by atoms with Crippen molar-refractivity contribution < 1.29 is 9.90 Å². The zero-order valence-electron chi connectivity index (χ0n) is 14.3. The lowest BCUT2D eigenvalue weighted by Gasteiger charge is -2.30. The second kappa shape index (κ2) is 8.34. The van der Waals surface area contributed by atoms with Crippen LogP contribution in [0.2, 0.25) is 0 Å². The molecule has 1 heterocycles. The number of aromatic nitrogens is 1. The molecule has 0 radical (unpaired) electrons. The second-order valence-corrected chi connectivity index (χ2v) is 6.98. The van der Waals surface area contributed by atoms with E-state index < -0.39 is 0 Å². The van der Waals surface area contributed by atoms with Crippen molar-refractivity contribution in [3.63, 3.8) is 0 Å². The van der Waals surface area contributed by atoms with E-state index in [1.165, 1.54) is 43.1 Å². The smallest absolute Gasteiger partial charge is 0.220 e. The number of fused-ring (bicyclic) bond motifs is 1. The van der Waals surface area contributed by atoms with Crippen molar-refractivity contribution in [1.29, 1.82) is 0 Å². The Labute approximate surface area is 143 Å². The minimum atomic E-state index is 0.105. The molecule has 1 fully saturated rings. The first kappa shape index (κ1) is 17.0. The van der Waals surface area contributed by atoms with Gasteiger partial charge in [-0.25, -0.2) is 0 Å². The van der Waals surface area contributed by atoms with Gasteiger partial charge in [0.25, 0.3) is 0 Å². The highest BCUT2D eigenvalue weighted by atomic mass is 16.3. The Kier molecular flexibility index (Phi) is 5.91. The number of aliphatic hydroxyl groups excluding tert-OH is 1. The minimum Gasteiger partial charge on any atom is -0.396 e. The van der Waals surface area contributed by atoms with E-state index in [2.05, 4.69) is 34.6 Å². The monoisotopic (exact) mass is 328 g/mol. The molecule has 0 saturated heterocycles. The number of aromatic amines is 1. The number of carbonyl (C=O) groups is 1. The van der Waals surface area contributed by atoms with Gasteiger partial charge in [0.2, 0.25) is 5.91 Å². The lowest BCUT2D eigenvalue weighted by atomic mass is 9.82. The summed E-state index contributed by atoms with van der Waals surface area (Å²) in [5.74, 6) is 0.638. The standard InChI is InChI=1S/C20H28N2O2/c23-13-11-19(16-4-2-1-3-5-16)22-20(24)9-7-15-6-8-18-17(14-15)10-12-21-18/h6,8,10,12,14,16,19,21,23H,1-5,7,9,11,13H2,(H,22,24). The molecule has 0 bridgehead atoms. The van der Waals surface area contributed by atoms with E-state index in [1.54, 1.807) is 0 Å². The highest BCUT2D eigenvalue weighted by Crippen LogP contribution is 2.27. The fraction of sp³-hybridized carbons (Fsp3) is 0.550. The van der Waals surface area contributed by atoms with E-state index >= 15 is 0 Å². The number of benzene rings is 1. The van der Waals surface area contributed by atoms with E-state index in [9.17, 15) is 9.90 Å². The van der Waals surface area contributed by atoms with Gasteiger partial charge in [-0.2, -0.15) is 0 Å². The van der Waals surface area contributed by atoms with Gasteiger partial charge in [-0.05, 0) is 60.7 Å². The normalized spacial score (nSPS) is 17.0. The Balaban J connectivity index is 1.52. The van der Waals surface area contributed by atoms with E-state index in [-0.39, 0.29) is 18.6 Å². The van der Waals surface area contributed by atoms with Crippen LogP contribution in [-0.4, -0.2) is 28.6 Å². The maximum absolute atomic E-state index is 12.4. The molecule has 2 aromatic rings. The van der Waals surface area contributed by atoms with Crippen molar-refractivity contribution in [3.05, 3.63) is 36.0 Å². The van der Waals surface area contributed by atoms with Crippen molar-refractivity contribution >= 4 is 16.8 Å². The van der Waals surface area contributed by atoms with Crippen molar-refractivity contribution in [1.82, 2.24) is 10.3 Å². The highest BCUT2D eigenvalue weighted by molar-refractivity contribution is 5.80. The molecule has 1 aromatic carbocycles. The summed E-state index contributed by atoms with van der Waals surface area (Å²) in [5.41, 5.74) is 2.32. The van der Waals surface area contributed by atoms with Crippen LogP contribution in [0.15, 0.2) is 30.5 Å². The molecule has 24 heavy (non-hydrogen) atoms. The topological polar surface area (TPSA) is 65.1 Å². The molecule has 3 rings (SSSR count). The van der Waals surface area contributed by atoms with E-state index in [1.807, 2.05) is 6.20 Å². The average Bonchev–Trinajstić information content (AvgIpc) is 3.08. The Morgan fingerprint density at radius 3 is 2.88 bits per heavy atom. The Morgan fingerprint density at radius 1 is 1.25 bits per heavy atom. The van der Waals surface area contributed by atoms with Gasteiger partial charge in [-0.1, -0.05) is 25.3 Å². The zero-order valence-corrected chi connectivity index (χ0v) is 14.3. The van der Waals surface area contributed by atoms with Crippen LogP contribution < -0.4 is 5.32 Å². The summed E-state index contributed by atoms with van der Waals surface area (Å²) < 4.78 is 0. The van der Waals surface area contributed by atoms with Crippen molar-refractivity contribution in [2.24, 2.45) is 5.92 Å². The summed E-state index contributed by atoms with van der Waals surface area (Å²) in [4.78, 5) is 15.5. The number of rotatable bonds is 7. The summed E-state index contributed by atoms with van der Waals surface area (Å²) in [6, 6.07) is 8.48. The maximum atomic E-state index is 12.4. The highest BCUT2D eigenvalue weighted by Gasteiger charge is 2.24. The van der Waals surface area contributed by atoms with E-state index in [4.69, 9.17) is 0 Å². The summed E-state index contributed by atoms with van der Waals surface area (Å²) in [7, 11) is 0. The Bertz CT molecular complexity index is 658. The van der Waals surface area contributed by atoms with Crippen LogP contribution in [0.5, 0.6) is 0 Å². The molecule has 1 saturated carbocycles. The molecule has 4 nitrogen and oxygen atoms in total. The molecule has 1 atom stereocenters. The number of nitrogens with one attached hydrogen (secondary N) is 2. The van der Waals surface area contributed by atoms with Crippen LogP contribution in [0.25, 0.3) is 10.9 Å². The number of carbonyl (C=O) groups excluding carboxylic acids is 1. The van der Waals surface area contributed by atoms with Crippen LogP contribution in [-0.2, 0) is 11.2 Å². The van der Waals surface area contributed by atoms with Gasteiger partial charge in [-0.15, -0.1) is 0 Å². The van der Waals surface area contributed by atoms with Crippen LogP contribution in [0.4, 0.5) is 0 Å². The lowest BCUT2D eigenvalue weighted by molar-refractivity contribution is -0.122. The van der Waals surface area contributed by atoms with Gasteiger partial charge >= 0.3 is 0 Å². The van der Waals surface area contributed by atoms with Crippen molar-refractivity contribution in [2.75, 3.05) is 6.61 Å². The van der Waals surface area contributed by atoms with Crippen LogP contribution >= 0.6 is 0 Å². The number of aryl methyl sites for hydroxylation is 1. The lowest BCUT2D eigenvalue weighted by Crippen LogP contribution is -2.41. The molecule has 1 aliphatic carbocycles. The quantitative estimate of drug-likeness (QED) is 0.728. The van der Waals surface area contributed by atoms with Crippen LogP contribution in [0, 0.1) is 5.92 Å². The summed E-state index contributed by atoms with van der Waals surface area (Å²) >= 11 is 0. The van der Waals surface area contributed by atoms with E-state index in [0.29, 0.717) is 18.8 Å². The number of hydrogen-bond acceptors (Lipinski definition) is 2. The molecule has 0 spiro atoms. The maximum Gasteiger partial charge on any atom is 0.220 e. The van der Waals surface area contributed by atoms with Crippen LogP contribution in [0.3, 0.4) is 0 Å². The van der Waals surface area contributed by atoms with Gasteiger partial charge in [0.05, 0.1) is 0 Å². The molecule has 4 heteroatoms. The number of aliphatic hydroxyl groups is 1. The molecule has 130 valence electrons. The Morgan fingerprint density at radius 2 is 2.08 bits per heavy atom. The van der Waals surface area contributed by atoms with Gasteiger partial charge < -0.3 is 15.4 Å². The predicted octanol–water partition coefficient (Wildman–Crippen LogP) is 3.55. The van der Waals surface area contributed by atoms with Gasteiger partial charge in [0, 0.05) is 30.8 Å². The summed E-state index contributed by atoms with van der Waals surface area (Å²) in [6.45, 7) is 0.144. The number of amides is 1. The van der Waals surface area contributed by atoms with Crippen LogP contribution in [0.1, 0.15) is 50.5 Å². The summed E-state index contributed by atoms with van der Waals surface area (Å²) in [6.07, 6.45) is 10.0.